The average Bonchev–Trinajstić information content (AvgIpc) is 3.02. The number of nitrogens with zero attached hydrogens (tertiary/aromatic N) is 6. The Labute approximate surface area is 122 Å². The summed E-state index contributed by atoms with van der Waals surface area (Å²) in [5.74, 6) is 1.58. The maximum absolute atomic E-state index is 4.49. The third-order valence-electron chi connectivity index (χ3n) is 2.97. The van der Waals surface area contributed by atoms with E-state index in [0.29, 0.717) is 17.7 Å². The molecule has 0 radical (unpaired) electrons. The average molecular weight is 281 g/mol. The van der Waals surface area contributed by atoms with E-state index in [1.165, 1.54) is 11.0 Å². The first-order chi connectivity index (χ1) is 10.3. The predicted octanol–water partition coefficient (Wildman–Crippen LogP) is 1.86. The molecule has 7 nitrogen and oxygen atoms in total. The van der Waals surface area contributed by atoms with Gasteiger partial charge in [0, 0.05) is 12.1 Å². The highest BCUT2D eigenvalue weighted by atomic mass is 15.4. The van der Waals surface area contributed by atoms with Crippen LogP contribution in [0.15, 0.2) is 36.9 Å². The Morgan fingerprint density at radius 3 is 2.71 bits per heavy atom. The van der Waals surface area contributed by atoms with Crippen LogP contribution in [0, 0.1) is 6.92 Å². The van der Waals surface area contributed by atoms with E-state index in [0.717, 1.165) is 17.7 Å². The SMILES string of the molecule is CCNc1nc(-c2ccccc2C)nc(-n2cncn2)n1. The van der Waals surface area contributed by atoms with Crippen molar-refractivity contribution < 1.29 is 0 Å². The van der Waals surface area contributed by atoms with Crippen LogP contribution in [0.3, 0.4) is 0 Å². The van der Waals surface area contributed by atoms with Crippen LogP contribution in [0.25, 0.3) is 17.3 Å². The molecule has 0 aliphatic heterocycles. The van der Waals surface area contributed by atoms with Gasteiger partial charge in [-0.3, -0.25) is 0 Å². The van der Waals surface area contributed by atoms with Crippen molar-refractivity contribution in [2.24, 2.45) is 0 Å². The molecular weight excluding hydrogens is 266 g/mol. The zero-order valence-corrected chi connectivity index (χ0v) is 11.9. The number of rotatable bonds is 4. The van der Waals surface area contributed by atoms with Crippen LogP contribution >= 0.6 is 0 Å². The molecule has 2 heterocycles. The van der Waals surface area contributed by atoms with Gasteiger partial charge in [-0.15, -0.1) is 0 Å². The second-order valence-electron chi connectivity index (χ2n) is 4.47. The molecule has 0 bridgehead atoms. The largest absolute Gasteiger partial charge is 0.354 e. The number of benzene rings is 1. The molecule has 1 aromatic carbocycles. The lowest BCUT2D eigenvalue weighted by Gasteiger charge is -2.09. The first-order valence-corrected chi connectivity index (χ1v) is 6.69. The summed E-state index contributed by atoms with van der Waals surface area (Å²) in [4.78, 5) is 17.2. The maximum Gasteiger partial charge on any atom is 0.257 e. The van der Waals surface area contributed by atoms with Crippen LogP contribution in [-0.2, 0) is 0 Å². The van der Waals surface area contributed by atoms with Crippen LogP contribution in [0.1, 0.15) is 12.5 Å². The lowest BCUT2D eigenvalue weighted by atomic mass is 10.1. The molecule has 0 atom stereocenters. The predicted molar refractivity (Wildman–Crippen MR) is 79.1 cm³/mol. The summed E-state index contributed by atoms with van der Waals surface area (Å²) in [6, 6.07) is 7.98. The van der Waals surface area contributed by atoms with Crippen molar-refractivity contribution >= 4 is 5.95 Å². The molecule has 0 aliphatic rings. The van der Waals surface area contributed by atoms with Crippen LogP contribution in [0.5, 0.6) is 0 Å². The van der Waals surface area contributed by atoms with Crippen molar-refractivity contribution in [3.8, 4) is 17.3 Å². The van der Waals surface area contributed by atoms with E-state index in [1.54, 1.807) is 6.33 Å². The minimum atomic E-state index is 0.441. The maximum atomic E-state index is 4.49. The lowest BCUT2D eigenvalue weighted by Crippen LogP contribution is -2.10. The molecule has 0 unspecified atom stereocenters. The van der Waals surface area contributed by atoms with E-state index in [1.807, 2.05) is 38.1 Å². The van der Waals surface area contributed by atoms with Crippen LogP contribution in [0.2, 0.25) is 0 Å². The van der Waals surface area contributed by atoms with Gasteiger partial charge in [0.1, 0.15) is 12.7 Å². The Kier molecular flexibility index (Phi) is 3.55. The standard InChI is InChI=1S/C14H15N7/c1-3-16-13-18-12(11-7-5-4-6-10(11)2)19-14(20-13)21-9-15-8-17-21/h4-9H,3H2,1-2H3,(H,16,18,19,20). The van der Waals surface area contributed by atoms with Gasteiger partial charge in [-0.25, -0.2) is 4.98 Å². The second kappa shape index (κ2) is 5.66. The van der Waals surface area contributed by atoms with E-state index >= 15 is 0 Å². The Bertz CT molecular complexity index is 737. The van der Waals surface area contributed by atoms with Crippen molar-refractivity contribution in [2.75, 3.05) is 11.9 Å². The zero-order chi connectivity index (χ0) is 14.7. The van der Waals surface area contributed by atoms with Crippen molar-refractivity contribution in [3.05, 3.63) is 42.5 Å². The van der Waals surface area contributed by atoms with Gasteiger partial charge >= 0.3 is 0 Å². The summed E-state index contributed by atoms with van der Waals surface area (Å²) >= 11 is 0. The molecule has 21 heavy (non-hydrogen) atoms. The first-order valence-electron chi connectivity index (χ1n) is 6.69. The van der Waals surface area contributed by atoms with E-state index < -0.39 is 0 Å². The van der Waals surface area contributed by atoms with Gasteiger partial charge in [-0.2, -0.15) is 24.7 Å². The number of hydrogen-bond acceptors (Lipinski definition) is 6. The summed E-state index contributed by atoms with van der Waals surface area (Å²) in [5.41, 5.74) is 2.08. The summed E-state index contributed by atoms with van der Waals surface area (Å²) in [5, 5.41) is 7.19. The first kappa shape index (κ1) is 13.2. The highest BCUT2D eigenvalue weighted by Crippen LogP contribution is 2.20. The highest BCUT2D eigenvalue weighted by molar-refractivity contribution is 5.61. The minimum absolute atomic E-state index is 0.441. The fourth-order valence-corrected chi connectivity index (χ4v) is 1.96. The second-order valence-corrected chi connectivity index (χ2v) is 4.47. The Morgan fingerprint density at radius 1 is 1.14 bits per heavy atom. The number of nitrogens with one attached hydrogen (secondary N) is 1. The molecule has 3 rings (SSSR count). The number of aryl methyl sites for hydroxylation is 1. The molecule has 2 aromatic heterocycles. The van der Waals surface area contributed by atoms with Gasteiger partial charge in [0.15, 0.2) is 5.82 Å². The summed E-state index contributed by atoms with van der Waals surface area (Å²) < 4.78 is 1.52. The van der Waals surface area contributed by atoms with Crippen LogP contribution < -0.4 is 5.32 Å². The van der Waals surface area contributed by atoms with Gasteiger partial charge in [0.2, 0.25) is 5.95 Å². The molecule has 0 spiro atoms. The van der Waals surface area contributed by atoms with E-state index in [9.17, 15) is 0 Å². The molecule has 0 saturated heterocycles. The molecule has 1 N–H and O–H groups in total. The van der Waals surface area contributed by atoms with Gasteiger partial charge in [0.25, 0.3) is 5.95 Å². The normalized spacial score (nSPS) is 10.6. The minimum Gasteiger partial charge on any atom is -0.354 e. The fourth-order valence-electron chi connectivity index (χ4n) is 1.96. The summed E-state index contributed by atoms with van der Waals surface area (Å²) in [6.45, 7) is 4.75. The molecule has 7 heteroatoms. The Balaban J connectivity index is 2.14. The molecule has 106 valence electrons. The highest BCUT2D eigenvalue weighted by Gasteiger charge is 2.11. The van der Waals surface area contributed by atoms with Gasteiger partial charge in [0.05, 0.1) is 0 Å². The third kappa shape index (κ3) is 2.71. The van der Waals surface area contributed by atoms with Crippen molar-refractivity contribution in [2.45, 2.75) is 13.8 Å². The molecular formula is C14H15N7. The smallest absolute Gasteiger partial charge is 0.257 e. The number of hydrogen-bond donors (Lipinski definition) is 1. The monoisotopic (exact) mass is 281 g/mol. The third-order valence-corrected chi connectivity index (χ3v) is 2.97. The Hall–Kier alpha value is -2.83. The number of anilines is 1. The number of aromatic nitrogens is 6. The van der Waals surface area contributed by atoms with Crippen LogP contribution in [-0.4, -0.2) is 36.3 Å². The summed E-state index contributed by atoms with van der Waals surface area (Å²) in [7, 11) is 0. The molecule has 0 amide bonds. The fraction of sp³-hybridized carbons (Fsp3) is 0.214. The van der Waals surface area contributed by atoms with Gasteiger partial charge < -0.3 is 5.32 Å². The lowest BCUT2D eigenvalue weighted by molar-refractivity contribution is 0.796. The van der Waals surface area contributed by atoms with E-state index in [4.69, 9.17) is 0 Å². The van der Waals surface area contributed by atoms with Crippen molar-refractivity contribution in [1.82, 2.24) is 29.7 Å². The molecule has 0 aliphatic carbocycles. The van der Waals surface area contributed by atoms with Crippen molar-refractivity contribution in [3.63, 3.8) is 0 Å². The quantitative estimate of drug-likeness (QED) is 0.786. The molecule has 0 fully saturated rings. The van der Waals surface area contributed by atoms with E-state index in [-0.39, 0.29) is 0 Å². The van der Waals surface area contributed by atoms with Crippen LogP contribution in [0.4, 0.5) is 5.95 Å². The zero-order valence-electron chi connectivity index (χ0n) is 11.9. The van der Waals surface area contributed by atoms with Gasteiger partial charge in [-0.1, -0.05) is 24.3 Å². The van der Waals surface area contributed by atoms with Crippen molar-refractivity contribution in [1.29, 1.82) is 0 Å². The Morgan fingerprint density at radius 2 is 2.00 bits per heavy atom. The van der Waals surface area contributed by atoms with Gasteiger partial charge in [-0.05, 0) is 19.4 Å². The molecule has 0 saturated carbocycles. The van der Waals surface area contributed by atoms with E-state index in [2.05, 4.69) is 30.4 Å². The topological polar surface area (TPSA) is 81.4 Å². The summed E-state index contributed by atoms with van der Waals surface area (Å²) in [6.07, 6.45) is 3.01. The molecule has 3 aromatic rings.